The molecule has 0 aliphatic carbocycles. The molecule has 0 radical (unpaired) electrons. The van der Waals surface area contributed by atoms with Crippen LogP contribution in [0.25, 0.3) is 11.0 Å². The molecule has 5 nitrogen and oxygen atoms in total. The van der Waals surface area contributed by atoms with Gasteiger partial charge in [-0.1, -0.05) is 12.1 Å². The minimum Gasteiger partial charge on any atom is -0.362 e. The third-order valence-electron chi connectivity index (χ3n) is 3.87. The van der Waals surface area contributed by atoms with E-state index in [4.69, 9.17) is 0 Å². The number of aromatic nitrogens is 4. The van der Waals surface area contributed by atoms with E-state index in [9.17, 15) is 4.39 Å². The lowest BCUT2D eigenvalue weighted by Crippen LogP contribution is -2.17. The first-order valence-electron chi connectivity index (χ1n) is 7.04. The lowest BCUT2D eigenvalue weighted by Gasteiger charge is -2.26. The number of benzene rings is 1. The van der Waals surface area contributed by atoms with E-state index in [0.29, 0.717) is 0 Å². The van der Waals surface area contributed by atoms with Gasteiger partial charge < -0.3 is 5.32 Å². The molecular weight excluding hydrogens is 301 g/mol. The summed E-state index contributed by atoms with van der Waals surface area (Å²) in [6.07, 6.45) is 4.20. The lowest BCUT2D eigenvalue weighted by atomic mass is 10.0. The van der Waals surface area contributed by atoms with Crippen LogP contribution in [0.1, 0.15) is 18.0 Å². The van der Waals surface area contributed by atoms with E-state index < -0.39 is 0 Å². The molecule has 1 atom stereocenters. The SMILES string of the molecule is Cn1ncc2c(N[C@@H]3CCSc4c(F)cccc43)ncnc21. The van der Waals surface area contributed by atoms with Crippen molar-refractivity contribution in [3.63, 3.8) is 0 Å². The second kappa shape index (κ2) is 5.24. The van der Waals surface area contributed by atoms with E-state index in [-0.39, 0.29) is 11.9 Å². The predicted molar refractivity (Wildman–Crippen MR) is 84.4 cm³/mol. The smallest absolute Gasteiger partial charge is 0.163 e. The zero-order valence-electron chi connectivity index (χ0n) is 12.0. The topological polar surface area (TPSA) is 55.6 Å². The Hall–Kier alpha value is -2.15. The molecule has 2 aromatic heterocycles. The number of hydrogen-bond donors (Lipinski definition) is 1. The standard InChI is InChI=1S/C15H14FN5S/c1-21-15-10(7-19-21)14(17-8-18-15)20-12-5-6-22-13-9(12)3-2-4-11(13)16/h2-4,7-8,12H,5-6H2,1H3,(H,17,18,20)/t12-/m1/s1. The van der Waals surface area contributed by atoms with E-state index in [1.54, 1.807) is 28.7 Å². The molecule has 1 N–H and O–H groups in total. The van der Waals surface area contributed by atoms with Crippen LogP contribution >= 0.6 is 11.8 Å². The fourth-order valence-electron chi connectivity index (χ4n) is 2.78. The average molecular weight is 315 g/mol. The zero-order chi connectivity index (χ0) is 15.1. The van der Waals surface area contributed by atoms with Crippen LogP contribution in [0.5, 0.6) is 0 Å². The van der Waals surface area contributed by atoms with Gasteiger partial charge in [-0.2, -0.15) is 5.10 Å². The number of nitrogens with zero attached hydrogens (tertiary/aromatic N) is 4. The van der Waals surface area contributed by atoms with Gasteiger partial charge in [0.15, 0.2) is 5.65 Å². The van der Waals surface area contributed by atoms with Crippen LogP contribution in [0.4, 0.5) is 10.2 Å². The number of fused-ring (bicyclic) bond motifs is 2. The monoisotopic (exact) mass is 315 g/mol. The first-order valence-corrected chi connectivity index (χ1v) is 8.03. The summed E-state index contributed by atoms with van der Waals surface area (Å²) in [5, 5.41) is 8.53. The van der Waals surface area contributed by atoms with Crippen molar-refractivity contribution >= 4 is 28.6 Å². The largest absolute Gasteiger partial charge is 0.362 e. The third kappa shape index (κ3) is 2.12. The Morgan fingerprint density at radius 2 is 2.27 bits per heavy atom. The van der Waals surface area contributed by atoms with Gasteiger partial charge in [-0.05, 0) is 18.1 Å². The van der Waals surface area contributed by atoms with Crippen molar-refractivity contribution in [1.82, 2.24) is 19.7 Å². The van der Waals surface area contributed by atoms with Gasteiger partial charge in [0.1, 0.15) is 18.0 Å². The average Bonchev–Trinajstić information content (AvgIpc) is 2.91. The Morgan fingerprint density at radius 3 is 3.18 bits per heavy atom. The predicted octanol–water partition coefficient (Wildman–Crippen LogP) is 3.15. The van der Waals surface area contributed by atoms with E-state index in [1.807, 2.05) is 13.1 Å². The molecule has 0 spiro atoms. The summed E-state index contributed by atoms with van der Waals surface area (Å²) in [7, 11) is 1.85. The zero-order valence-corrected chi connectivity index (χ0v) is 12.8. The van der Waals surface area contributed by atoms with Crippen LogP contribution in [0.3, 0.4) is 0 Å². The maximum Gasteiger partial charge on any atom is 0.163 e. The summed E-state index contributed by atoms with van der Waals surface area (Å²) in [4.78, 5) is 9.31. The van der Waals surface area contributed by atoms with Crippen LogP contribution in [-0.4, -0.2) is 25.5 Å². The Labute approximate surface area is 131 Å². The molecule has 112 valence electrons. The molecule has 3 heterocycles. The highest BCUT2D eigenvalue weighted by Gasteiger charge is 2.24. The molecule has 0 saturated heterocycles. The number of nitrogens with one attached hydrogen (secondary N) is 1. The molecule has 0 bridgehead atoms. The van der Waals surface area contributed by atoms with Crippen molar-refractivity contribution in [2.75, 3.05) is 11.1 Å². The number of halogens is 1. The maximum atomic E-state index is 14.0. The minimum atomic E-state index is -0.150. The van der Waals surface area contributed by atoms with Crippen molar-refractivity contribution in [3.8, 4) is 0 Å². The molecule has 22 heavy (non-hydrogen) atoms. The molecule has 0 fully saturated rings. The Morgan fingerprint density at radius 1 is 1.36 bits per heavy atom. The molecule has 1 aromatic carbocycles. The quantitative estimate of drug-likeness (QED) is 0.787. The highest BCUT2D eigenvalue weighted by Crippen LogP contribution is 2.39. The number of aryl methyl sites for hydroxylation is 1. The maximum absolute atomic E-state index is 14.0. The molecule has 1 aliphatic rings. The third-order valence-corrected chi connectivity index (χ3v) is 5.03. The van der Waals surface area contributed by atoms with Gasteiger partial charge in [0.25, 0.3) is 0 Å². The highest BCUT2D eigenvalue weighted by molar-refractivity contribution is 7.99. The summed E-state index contributed by atoms with van der Waals surface area (Å²) in [6, 6.07) is 5.29. The van der Waals surface area contributed by atoms with Gasteiger partial charge in [-0.3, -0.25) is 4.68 Å². The summed E-state index contributed by atoms with van der Waals surface area (Å²) in [5.41, 5.74) is 1.77. The van der Waals surface area contributed by atoms with Gasteiger partial charge in [0.2, 0.25) is 0 Å². The summed E-state index contributed by atoms with van der Waals surface area (Å²) >= 11 is 1.57. The molecule has 0 unspecified atom stereocenters. The Balaban J connectivity index is 1.74. The van der Waals surface area contributed by atoms with Gasteiger partial charge in [-0.25, -0.2) is 14.4 Å². The fourth-order valence-corrected chi connectivity index (χ4v) is 3.92. The molecule has 7 heteroatoms. The van der Waals surface area contributed by atoms with E-state index in [1.165, 1.54) is 12.4 Å². The van der Waals surface area contributed by atoms with Crippen LogP contribution in [0.2, 0.25) is 0 Å². The van der Waals surface area contributed by atoms with Gasteiger partial charge in [-0.15, -0.1) is 11.8 Å². The second-order valence-electron chi connectivity index (χ2n) is 5.22. The van der Waals surface area contributed by atoms with Crippen LogP contribution in [0, 0.1) is 5.82 Å². The van der Waals surface area contributed by atoms with Crippen molar-refractivity contribution in [2.45, 2.75) is 17.4 Å². The summed E-state index contributed by atoms with van der Waals surface area (Å²) in [6.45, 7) is 0. The van der Waals surface area contributed by atoms with E-state index in [2.05, 4.69) is 20.4 Å². The molecule has 0 saturated carbocycles. The summed E-state index contributed by atoms with van der Waals surface area (Å²) in [5.74, 6) is 1.47. The van der Waals surface area contributed by atoms with Crippen molar-refractivity contribution in [3.05, 3.63) is 42.1 Å². The Bertz CT molecular complexity index is 847. The fraction of sp³-hybridized carbons (Fsp3) is 0.267. The molecule has 1 aliphatic heterocycles. The number of thioether (sulfide) groups is 1. The molecule has 4 rings (SSSR count). The van der Waals surface area contributed by atoms with Gasteiger partial charge in [0, 0.05) is 17.7 Å². The van der Waals surface area contributed by atoms with E-state index >= 15 is 0 Å². The number of anilines is 1. The normalized spacial score (nSPS) is 17.5. The highest BCUT2D eigenvalue weighted by atomic mass is 32.2. The molecule has 3 aromatic rings. The second-order valence-corrected chi connectivity index (χ2v) is 6.33. The summed E-state index contributed by atoms with van der Waals surface area (Å²) < 4.78 is 15.7. The van der Waals surface area contributed by atoms with Crippen molar-refractivity contribution < 1.29 is 4.39 Å². The van der Waals surface area contributed by atoms with Crippen molar-refractivity contribution in [2.24, 2.45) is 7.05 Å². The molecule has 0 amide bonds. The minimum absolute atomic E-state index is 0.0465. The Kier molecular flexibility index (Phi) is 3.22. The van der Waals surface area contributed by atoms with Crippen LogP contribution in [-0.2, 0) is 7.05 Å². The number of rotatable bonds is 2. The lowest BCUT2D eigenvalue weighted by molar-refractivity contribution is 0.585. The van der Waals surface area contributed by atoms with Crippen LogP contribution < -0.4 is 5.32 Å². The van der Waals surface area contributed by atoms with E-state index in [0.717, 1.165) is 39.5 Å². The molecular formula is C15H14FN5S. The first-order chi connectivity index (χ1) is 10.7. The number of hydrogen-bond acceptors (Lipinski definition) is 5. The van der Waals surface area contributed by atoms with Crippen LogP contribution in [0.15, 0.2) is 35.6 Å². The van der Waals surface area contributed by atoms with Gasteiger partial charge >= 0.3 is 0 Å². The van der Waals surface area contributed by atoms with Gasteiger partial charge in [0.05, 0.1) is 17.6 Å². The van der Waals surface area contributed by atoms with Crippen molar-refractivity contribution in [1.29, 1.82) is 0 Å². The first kappa shape index (κ1) is 13.5.